The minimum atomic E-state index is -1.21. The van der Waals surface area contributed by atoms with Gasteiger partial charge in [0, 0.05) is 18.0 Å². The number of carboxylic acids is 1. The van der Waals surface area contributed by atoms with Crippen LogP contribution in [-0.4, -0.2) is 21.0 Å². The summed E-state index contributed by atoms with van der Waals surface area (Å²) in [6.07, 6.45) is 1.54. The second-order valence-electron chi connectivity index (χ2n) is 4.60. The Morgan fingerprint density at radius 1 is 1.24 bits per heavy atom. The van der Waals surface area contributed by atoms with Crippen molar-refractivity contribution in [1.29, 1.82) is 0 Å². The summed E-state index contributed by atoms with van der Waals surface area (Å²) in [4.78, 5) is 28.0. The lowest BCUT2D eigenvalue weighted by molar-refractivity contribution is -0.582. The number of H-pyrrole nitrogens is 2. The molecule has 3 aromatic rings. The van der Waals surface area contributed by atoms with Crippen LogP contribution >= 0.6 is 0 Å². The number of imidazole rings is 1. The quantitative estimate of drug-likeness (QED) is 0.611. The number of aromatic amines is 2. The van der Waals surface area contributed by atoms with Gasteiger partial charge in [0.05, 0.1) is 0 Å². The van der Waals surface area contributed by atoms with E-state index in [1.807, 2.05) is 30.3 Å². The highest BCUT2D eigenvalue weighted by atomic mass is 16.4. The van der Waals surface area contributed by atoms with Crippen molar-refractivity contribution in [2.24, 2.45) is 0 Å². The number of carbonyl (C=O) groups excluding carboxylic acids is 1. The van der Waals surface area contributed by atoms with Gasteiger partial charge in [-0.1, -0.05) is 30.3 Å². The third-order valence-corrected chi connectivity index (χ3v) is 3.11. The van der Waals surface area contributed by atoms with Crippen LogP contribution in [0.3, 0.4) is 0 Å². The number of nitrogens with one attached hydrogen (secondary N) is 2. The van der Waals surface area contributed by atoms with E-state index in [1.165, 1.54) is 4.52 Å². The average molecular weight is 284 g/mol. The second-order valence-corrected chi connectivity index (χ2v) is 4.60. The number of aryl methyl sites for hydroxylation is 1. The predicted molar refractivity (Wildman–Crippen MR) is 71.1 cm³/mol. The van der Waals surface area contributed by atoms with Gasteiger partial charge in [0.2, 0.25) is 0 Å². The van der Waals surface area contributed by atoms with Crippen LogP contribution in [0.4, 0.5) is 0 Å². The number of carbonyl (C=O) groups is 1. The maximum absolute atomic E-state index is 11.8. The van der Waals surface area contributed by atoms with Crippen molar-refractivity contribution in [3.8, 4) is 11.3 Å². The predicted octanol–water partition coefficient (Wildman–Crippen LogP) is -0.814. The zero-order valence-electron chi connectivity index (χ0n) is 11.0. The first kappa shape index (κ1) is 13.0. The number of aliphatic carboxylic acids is 1. The molecule has 2 heterocycles. The molecule has 0 saturated carbocycles. The Morgan fingerprint density at radius 3 is 2.71 bits per heavy atom. The Labute approximate surface area is 118 Å². The third kappa shape index (κ3) is 2.66. The van der Waals surface area contributed by atoms with E-state index in [0.717, 1.165) is 11.3 Å². The minimum Gasteiger partial charge on any atom is -0.550 e. The van der Waals surface area contributed by atoms with Gasteiger partial charge in [0.15, 0.2) is 5.69 Å². The largest absolute Gasteiger partial charge is 0.550 e. The van der Waals surface area contributed by atoms with E-state index in [1.54, 1.807) is 6.20 Å². The molecule has 0 radical (unpaired) electrons. The lowest BCUT2D eigenvalue weighted by Gasteiger charge is -1.98. The van der Waals surface area contributed by atoms with E-state index >= 15 is 0 Å². The highest BCUT2D eigenvalue weighted by molar-refractivity contribution is 5.64. The van der Waals surface area contributed by atoms with Crippen molar-refractivity contribution >= 4 is 11.7 Å². The minimum absolute atomic E-state index is 0.0342. The molecular weight excluding hydrogens is 272 g/mol. The number of benzene rings is 1. The maximum Gasteiger partial charge on any atom is 0.387 e. The summed E-state index contributed by atoms with van der Waals surface area (Å²) in [5.41, 5.74) is 1.52. The van der Waals surface area contributed by atoms with Crippen molar-refractivity contribution in [3.05, 3.63) is 52.6 Å². The molecule has 0 aliphatic carbocycles. The highest BCUT2D eigenvalue weighted by Gasteiger charge is 2.14. The summed E-state index contributed by atoms with van der Waals surface area (Å²) >= 11 is 0. The van der Waals surface area contributed by atoms with Crippen LogP contribution in [0.1, 0.15) is 12.1 Å². The zero-order valence-corrected chi connectivity index (χ0v) is 11.0. The molecule has 106 valence electrons. The number of nitrogens with zero attached hydrogens (tertiary/aromatic N) is 2. The topological polar surface area (TPSA) is 106 Å². The van der Waals surface area contributed by atoms with Crippen LogP contribution in [0.25, 0.3) is 17.0 Å². The van der Waals surface area contributed by atoms with E-state index in [0.29, 0.717) is 5.78 Å². The van der Waals surface area contributed by atoms with Gasteiger partial charge in [-0.2, -0.15) is 0 Å². The van der Waals surface area contributed by atoms with Gasteiger partial charge in [-0.3, -0.25) is 0 Å². The van der Waals surface area contributed by atoms with Gasteiger partial charge in [-0.25, -0.2) is 14.8 Å². The maximum atomic E-state index is 11.8. The second kappa shape index (κ2) is 5.20. The van der Waals surface area contributed by atoms with Crippen molar-refractivity contribution in [3.63, 3.8) is 0 Å². The molecule has 2 N–H and O–H groups in total. The van der Waals surface area contributed by atoms with E-state index < -0.39 is 11.5 Å². The molecule has 3 rings (SSSR count). The van der Waals surface area contributed by atoms with Crippen LogP contribution in [-0.2, 0) is 11.2 Å². The monoisotopic (exact) mass is 284 g/mol. The van der Waals surface area contributed by atoms with E-state index in [2.05, 4.69) is 15.1 Å². The normalized spacial score (nSPS) is 10.9. The molecule has 2 aromatic heterocycles. The molecule has 0 fully saturated rings. The summed E-state index contributed by atoms with van der Waals surface area (Å²) < 4.78 is 1.49. The Hall–Kier alpha value is -2.96. The number of rotatable bonds is 4. The molecule has 7 heteroatoms. The molecule has 0 aliphatic heterocycles. The number of hydrogen-bond donors (Lipinski definition) is 2. The van der Waals surface area contributed by atoms with Crippen molar-refractivity contribution in [2.45, 2.75) is 12.8 Å². The number of aromatic nitrogens is 4. The van der Waals surface area contributed by atoms with E-state index in [4.69, 9.17) is 0 Å². The number of hydrogen-bond acceptors (Lipinski definition) is 4. The first-order chi connectivity index (χ1) is 10.1. The molecule has 0 amide bonds. The molecule has 1 aromatic carbocycles. The van der Waals surface area contributed by atoms with Gasteiger partial charge in [0.25, 0.3) is 0 Å². The Kier molecular flexibility index (Phi) is 3.23. The van der Waals surface area contributed by atoms with Crippen LogP contribution in [0.2, 0.25) is 0 Å². The molecule has 0 unspecified atom stereocenters. The number of fused-ring (bicyclic) bond motifs is 1. The fraction of sp³-hybridized carbons (Fsp3) is 0.143. The van der Waals surface area contributed by atoms with E-state index in [9.17, 15) is 14.7 Å². The molecule has 21 heavy (non-hydrogen) atoms. The summed E-state index contributed by atoms with van der Waals surface area (Å²) in [7, 11) is 0. The fourth-order valence-corrected chi connectivity index (χ4v) is 2.07. The van der Waals surface area contributed by atoms with Crippen LogP contribution < -0.4 is 15.2 Å². The third-order valence-electron chi connectivity index (χ3n) is 3.11. The fourth-order valence-electron chi connectivity index (χ4n) is 2.07. The molecule has 7 nitrogen and oxygen atoms in total. The molecule has 0 aliphatic rings. The summed E-state index contributed by atoms with van der Waals surface area (Å²) in [6, 6.07) is 9.60. The van der Waals surface area contributed by atoms with Crippen molar-refractivity contribution in [1.82, 2.24) is 15.1 Å². The van der Waals surface area contributed by atoms with Crippen molar-refractivity contribution < 1.29 is 14.4 Å². The van der Waals surface area contributed by atoms with Gasteiger partial charge in [-0.05, 0) is 6.42 Å². The van der Waals surface area contributed by atoms with Crippen LogP contribution in [0.15, 0.2) is 41.3 Å². The summed E-state index contributed by atoms with van der Waals surface area (Å²) in [5.74, 6) is -0.767. The molecule has 0 spiro atoms. The number of carboxylic acid groups (broad SMARTS) is 1. The Bertz CT molecular complexity index is 852. The SMILES string of the molecule is O=C([O-])CCc1n[n+]2cc(-c3ccccc3)[nH]c2[nH]c1=O. The standard InChI is InChI=1S/C14H12N4O3/c19-12(20)7-6-10-13(21)16-14-15-11(8-18(14)17-10)9-4-2-1-3-5-9/h1-5,8H,6-7H2,(H2,15,16,19,20,21). The lowest BCUT2D eigenvalue weighted by Crippen LogP contribution is -2.34. The van der Waals surface area contributed by atoms with Crippen molar-refractivity contribution in [2.75, 3.05) is 0 Å². The molecule has 0 saturated heterocycles. The molecular formula is C14H12N4O3. The van der Waals surface area contributed by atoms with Gasteiger partial charge in [-0.15, -0.1) is 9.61 Å². The average Bonchev–Trinajstić information content (AvgIpc) is 2.88. The Balaban J connectivity index is 2.02. The van der Waals surface area contributed by atoms with Gasteiger partial charge >= 0.3 is 11.3 Å². The van der Waals surface area contributed by atoms with Crippen LogP contribution in [0.5, 0.6) is 0 Å². The zero-order chi connectivity index (χ0) is 14.8. The smallest absolute Gasteiger partial charge is 0.387 e. The molecule has 0 atom stereocenters. The first-order valence-electron chi connectivity index (χ1n) is 6.42. The lowest BCUT2D eigenvalue weighted by atomic mass is 10.2. The van der Waals surface area contributed by atoms with E-state index in [-0.39, 0.29) is 18.5 Å². The summed E-state index contributed by atoms with van der Waals surface area (Å²) in [6.45, 7) is 0. The van der Waals surface area contributed by atoms with Crippen LogP contribution in [0, 0.1) is 0 Å². The van der Waals surface area contributed by atoms with Gasteiger partial charge in [0.1, 0.15) is 11.9 Å². The molecule has 0 bridgehead atoms. The Morgan fingerprint density at radius 2 is 2.00 bits per heavy atom. The first-order valence-corrected chi connectivity index (χ1v) is 6.42. The summed E-state index contributed by atoms with van der Waals surface area (Å²) in [5, 5.41) is 14.6. The highest BCUT2D eigenvalue weighted by Crippen LogP contribution is 2.14. The van der Waals surface area contributed by atoms with Gasteiger partial charge < -0.3 is 9.90 Å².